The number of nitrogens with zero attached hydrogens (tertiary/aromatic N) is 1. The summed E-state index contributed by atoms with van der Waals surface area (Å²) < 4.78 is 14.2. The van der Waals surface area contributed by atoms with Gasteiger partial charge in [-0.05, 0) is 26.8 Å². The van der Waals surface area contributed by atoms with E-state index in [9.17, 15) is 24.5 Å². The Kier molecular flexibility index (Phi) is 5.99. The number of rotatable bonds is 5. The van der Waals surface area contributed by atoms with Gasteiger partial charge in [-0.1, -0.05) is 0 Å². The first-order valence-electron chi connectivity index (χ1n) is 6.80. The molecule has 0 amide bonds. The van der Waals surface area contributed by atoms with E-state index < -0.39 is 40.7 Å². The number of nitro groups is 1. The maximum absolute atomic E-state index is 11.9. The molecule has 0 aliphatic rings. The molecule has 0 unspecified atom stereocenters. The van der Waals surface area contributed by atoms with Gasteiger partial charge in [-0.3, -0.25) is 10.1 Å². The van der Waals surface area contributed by atoms with Crippen LogP contribution in [0, 0.1) is 10.1 Å². The lowest BCUT2D eigenvalue weighted by molar-refractivity contribution is -0.384. The maximum Gasteiger partial charge on any atom is 0.344 e. The molecule has 0 fully saturated rings. The van der Waals surface area contributed by atoms with Crippen LogP contribution in [0.25, 0.3) is 0 Å². The molecule has 9 nitrogen and oxygen atoms in total. The number of nitro benzene ring substituents is 1. The largest absolute Gasteiger partial charge is 0.465 e. The summed E-state index contributed by atoms with van der Waals surface area (Å²) in [7, 11) is 1.10. The van der Waals surface area contributed by atoms with E-state index in [1.807, 2.05) is 0 Å². The Labute approximate surface area is 137 Å². The number of esters is 3. The molecule has 1 rings (SSSR count). The van der Waals surface area contributed by atoms with E-state index in [-0.39, 0.29) is 11.1 Å². The van der Waals surface area contributed by atoms with Crippen LogP contribution in [0.1, 0.15) is 41.5 Å². The Bertz CT molecular complexity index is 675. The van der Waals surface area contributed by atoms with Gasteiger partial charge in [-0.25, -0.2) is 14.4 Å². The Balaban J connectivity index is 2.93. The molecular formula is C15H17NO8. The van der Waals surface area contributed by atoms with Gasteiger partial charge in [-0.15, -0.1) is 0 Å². The van der Waals surface area contributed by atoms with Crippen LogP contribution in [-0.2, 0) is 19.0 Å². The average Bonchev–Trinajstić information content (AvgIpc) is 2.49. The number of carbonyl (C=O) groups excluding carboxylic acids is 3. The Morgan fingerprint density at radius 1 is 1.08 bits per heavy atom. The summed E-state index contributed by atoms with van der Waals surface area (Å²) >= 11 is 0. The molecule has 0 aliphatic heterocycles. The summed E-state index contributed by atoms with van der Waals surface area (Å²) in [6.07, 6.45) is 0. The van der Waals surface area contributed by atoms with Crippen LogP contribution < -0.4 is 0 Å². The monoisotopic (exact) mass is 339 g/mol. The zero-order chi connectivity index (χ0) is 18.5. The zero-order valence-electron chi connectivity index (χ0n) is 13.7. The van der Waals surface area contributed by atoms with Gasteiger partial charge in [0.05, 0.1) is 23.2 Å². The molecule has 0 saturated heterocycles. The number of methoxy groups -OCH3 is 1. The van der Waals surface area contributed by atoms with E-state index in [4.69, 9.17) is 9.47 Å². The highest BCUT2D eigenvalue weighted by molar-refractivity contribution is 5.97. The molecule has 9 heteroatoms. The number of carbonyl (C=O) groups is 3. The van der Waals surface area contributed by atoms with E-state index in [1.54, 1.807) is 20.8 Å². The molecule has 1 aromatic carbocycles. The van der Waals surface area contributed by atoms with Gasteiger partial charge in [0.25, 0.3) is 5.69 Å². The number of benzene rings is 1. The van der Waals surface area contributed by atoms with Crippen molar-refractivity contribution < 1.29 is 33.5 Å². The van der Waals surface area contributed by atoms with Gasteiger partial charge < -0.3 is 14.2 Å². The van der Waals surface area contributed by atoms with Crippen molar-refractivity contribution in [2.45, 2.75) is 26.4 Å². The predicted molar refractivity (Wildman–Crippen MR) is 80.6 cm³/mol. The van der Waals surface area contributed by atoms with Crippen molar-refractivity contribution in [1.82, 2.24) is 0 Å². The second-order valence-electron chi connectivity index (χ2n) is 5.68. The topological polar surface area (TPSA) is 122 Å². The van der Waals surface area contributed by atoms with E-state index in [1.165, 1.54) is 0 Å². The Hall–Kier alpha value is -2.97. The lowest BCUT2D eigenvalue weighted by atomic mass is 10.1. The zero-order valence-corrected chi connectivity index (χ0v) is 13.7. The number of ether oxygens (including phenoxy) is 3. The molecule has 0 spiro atoms. The number of hydrogen-bond acceptors (Lipinski definition) is 8. The lowest BCUT2D eigenvalue weighted by Gasteiger charge is -2.19. The van der Waals surface area contributed by atoms with Crippen molar-refractivity contribution in [3.8, 4) is 0 Å². The van der Waals surface area contributed by atoms with Gasteiger partial charge in [0, 0.05) is 12.1 Å². The maximum atomic E-state index is 11.9. The van der Waals surface area contributed by atoms with Gasteiger partial charge in [-0.2, -0.15) is 0 Å². The van der Waals surface area contributed by atoms with Crippen LogP contribution in [0.15, 0.2) is 18.2 Å². The molecule has 0 atom stereocenters. The first-order chi connectivity index (χ1) is 11.0. The quantitative estimate of drug-likeness (QED) is 0.345. The highest BCUT2D eigenvalue weighted by Crippen LogP contribution is 2.19. The first-order valence-corrected chi connectivity index (χ1v) is 6.80. The van der Waals surface area contributed by atoms with Crippen LogP contribution >= 0.6 is 0 Å². The molecule has 24 heavy (non-hydrogen) atoms. The SMILES string of the molecule is COC(=O)c1cc(C(=O)OCC(=O)OC(C)(C)C)cc([N+](=O)[O-])c1. The highest BCUT2D eigenvalue weighted by atomic mass is 16.6. The normalized spacial score (nSPS) is 10.7. The molecule has 0 heterocycles. The minimum atomic E-state index is -1.00. The van der Waals surface area contributed by atoms with Gasteiger partial charge in [0.15, 0.2) is 6.61 Å². The van der Waals surface area contributed by atoms with Crippen molar-refractivity contribution in [2.75, 3.05) is 13.7 Å². The van der Waals surface area contributed by atoms with Gasteiger partial charge >= 0.3 is 17.9 Å². The van der Waals surface area contributed by atoms with E-state index in [0.717, 1.165) is 25.3 Å². The fraction of sp³-hybridized carbons (Fsp3) is 0.400. The van der Waals surface area contributed by atoms with E-state index in [2.05, 4.69) is 4.74 Å². The second-order valence-corrected chi connectivity index (χ2v) is 5.68. The molecule has 1 aromatic rings. The second kappa shape index (κ2) is 7.53. The van der Waals surface area contributed by atoms with Crippen molar-refractivity contribution in [3.05, 3.63) is 39.4 Å². The number of non-ortho nitro benzene ring substituents is 1. The minimum absolute atomic E-state index is 0.184. The smallest absolute Gasteiger partial charge is 0.344 e. The summed E-state index contributed by atoms with van der Waals surface area (Å²) in [6, 6.07) is 2.98. The predicted octanol–water partition coefficient (Wildman–Crippen LogP) is 1.88. The molecule has 130 valence electrons. The van der Waals surface area contributed by atoms with E-state index in [0.29, 0.717) is 0 Å². The van der Waals surface area contributed by atoms with Crippen molar-refractivity contribution >= 4 is 23.6 Å². The number of hydrogen-bond donors (Lipinski definition) is 0. The van der Waals surface area contributed by atoms with Crippen molar-refractivity contribution in [1.29, 1.82) is 0 Å². The molecule has 0 saturated carbocycles. The van der Waals surface area contributed by atoms with Crippen LogP contribution in [0.5, 0.6) is 0 Å². The van der Waals surface area contributed by atoms with Crippen LogP contribution in [0.4, 0.5) is 5.69 Å². The molecule has 0 aliphatic carbocycles. The molecule has 0 aromatic heterocycles. The fourth-order valence-electron chi connectivity index (χ4n) is 1.65. The minimum Gasteiger partial charge on any atom is -0.465 e. The summed E-state index contributed by atoms with van der Waals surface area (Å²) in [5.74, 6) is -2.62. The third-order valence-electron chi connectivity index (χ3n) is 2.53. The third-order valence-corrected chi connectivity index (χ3v) is 2.53. The first kappa shape index (κ1) is 19.1. The molecule has 0 radical (unpaired) electrons. The highest BCUT2D eigenvalue weighted by Gasteiger charge is 2.21. The summed E-state index contributed by atoms with van der Waals surface area (Å²) in [5, 5.41) is 10.9. The standard InChI is InChI=1S/C15H17NO8/c1-15(2,3)24-12(17)8-23-14(19)10-5-9(13(18)22-4)6-11(7-10)16(20)21/h5-7H,8H2,1-4H3. The molecule has 0 N–H and O–H groups in total. The van der Waals surface area contributed by atoms with Gasteiger partial charge in [0.1, 0.15) is 5.60 Å². The average molecular weight is 339 g/mol. The molecule has 0 bridgehead atoms. The van der Waals surface area contributed by atoms with Gasteiger partial charge in [0.2, 0.25) is 0 Å². The summed E-state index contributed by atoms with van der Waals surface area (Å²) in [5.41, 5.74) is -1.67. The Morgan fingerprint density at radius 3 is 2.08 bits per heavy atom. The fourth-order valence-corrected chi connectivity index (χ4v) is 1.65. The molecular weight excluding hydrogens is 322 g/mol. The van der Waals surface area contributed by atoms with Crippen LogP contribution in [0.2, 0.25) is 0 Å². The third kappa shape index (κ3) is 5.67. The van der Waals surface area contributed by atoms with Crippen LogP contribution in [-0.4, -0.2) is 42.1 Å². The van der Waals surface area contributed by atoms with Crippen molar-refractivity contribution in [3.63, 3.8) is 0 Å². The summed E-state index contributed by atoms with van der Waals surface area (Å²) in [4.78, 5) is 45.1. The lowest BCUT2D eigenvalue weighted by Crippen LogP contribution is -2.27. The Morgan fingerprint density at radius 2 is 1.62 bits per heavy atom. The van der Waals surface area contributed by atoms with E-state index >= 15 is 0 Å². The summed E-state index contributed by atoms with van der Waals surface area (Å²) in [6.45, 7) is 4.29. The van der Waals surface area contributed by atoms with Crippen molar-refractivity contribution in [2.24, 2.45) is 0 Å². The van der Waals surface area contributed by atoms with Crippen LogP contribution in [0.3, 0.4) is 0 Å².